The standard InChI is InChI=1S/C18H12F6O2/c19-17(20,21)15(25)13-9-5-1-2-6-10(9)14(16(26)18(22,23)24)12-8-4-3-7-11(12)13/h1-8,15-16,25-26H/t15-,16-/m0/s1/i1D,2D,3D,4D,5D,6D,7D,8D,15D,16D,25D,26D. The molecule has 0 bridgehead atoms. The Balaban J connectivity index is 3.09. The molecule has 0 aliphatic rings. The van der Waals surface area contributed by atoms with Gasteiger partial charge in [-0.3, -0.25) is 0 Å². The summed E-state index contributed by atoms with van der Waals surface area (Å²) in [4.78, 5) is 0. The summed E-state index contributed by atoms with van der Waals surface area (Å²) in [6.45, 7) is 0. The number of alkyl halides is 6. The van der Waals surface area contributed by atoms with Gasteiger partial charge in [0.2, 0.25) is 2.86 Å². The highest BCUT2D eigenvalue weighted by molar-refractivity contribution is 6.06. The van der Waals surface area contributed by atoms with Crippen molar-refractivity contribution in [2.24, 2.45) is 0 Å². The highest BCUT2D eigenvalue weighted by Gasteiger charge is 2.44. The van der Waals surface area contributed by atoms with E-state index >= 15 is 0 Å². The number of aliphatic hydroxyl groups is 2. The molecule has 0 aliphatic heterocycles. The molecule has 2 nitrogen and oxygen atoms in total. The number of rotatable bonds is 4. The summed E-state index contributed by atoms with van der Waals surface area (Å²) in [5, 5.41) is 0.931. The molecule has 0 amide bonds. The van der Waals surface area contributed by atoms with Gasteiger partial charge in [-0.05, 0) is 21.5 Å². The summed E-state index contributed by atoms with van der Waals surface area (Å²) in [5.74, 6) is 0. The molecular formula is C18H12F6O2. The lowest BCUT2D eigenvalue weighted by Crippen LogP contribution is -2.23. The van der Waals surface area contributed by atoms with Gasteiger partial charge in [0.15, 0.2) is 12.2 Å². The monoisotopic (exact) mass is 386 g/mol. The minimum absolute atomic E-state index is 1.33. The molecule has 26 heavy (non-hydrogen) atoms. The topological polar surface area (TPSA) is 40.5 Å². The SMILES string of the molecule is [2H]O[C@@]([2H])(c1c2c([2H])c([2H])c([2H])c([2H])c2c([C@]([2H])(O[2H])C(F)(F)F)c2c([2H])c([2H])c([2H])c([2H])c12)C(F)(F)F. The first-order valence-corrected chi connectivity index (χ1v) is 6.54. The van der Waals surface area contributed by atoms with Gasteiger partial charge >= 0.3 is 12.4 Å². The van der Waals surface area contributed by atoms with Crippen molar-refractivity contribution in [1.82, 2.24) is 0 Å². The predicted octanol–water partition coefficient (Wildman–Crippen LogP) is 5.18. The summed E-state index contributed by atoms with van der Waals surface area (Å²) in [5.41, 5.74) is -3.72. The summed E-state index contributed by atoms with van der Waals surface area (Å²) < 4.78 is 179. The molecule has 0 heterocycles. The molecule has 138 valence electrons. The fourth-order valence-corrected chi connectivity index (χ4v) is 2.36. The molecule has 0 fully saturated rings. The first kappa shape index (κ1) is 8.58. The molecule has 0 aromatic heterocycles. The van der Waals surface area contributed by atoms with Gasteiger partial charge in [0, 0.05) is 11.1 Å². The molecule has 8 heteroatoms. The van der Waals surface area contributed by atoms with Gasteiger partial charge in [-0.1, -0.05) is 48.3 Å². The smallest absolute Gasteiger partial charge is 0.379 e. The van der Waals surface area contributed by atoms with Crippen LogP contribution in [0, 0.1) is 0 Å². The van der Waals surface area contributed by atoms with Crippen molar-refractivity contribution in [2.45, 2.75) is 24.5 Å². The van der Waals surface area contributed by atoms with Crippen LogP contribution in [0.1, 0.15) is 37.0 Å². The molecule has 0 aliphatic carbocycles. The van der Waals surface area contributed by atoms with Crippen LogP contribution in [-0.2, 0) is 0 Å². The molecule has 3 aromatic carbocycles. The lowest BCUT2D eigenvalue weighted by molar-refractivity contribution is -0.206. The third kappa shape index (κ3) is 2.99. The first-order valence-electron chi connectivity index (χ1n) is 12.4. The predicted molar refractivity (Wildman–Crippen MR) is 83.5 cm³/mol. The molecule has 0 unspecified atom stereocenters. The fourth-order valence-electron chi connectivity index (χ4n) is 2.36. The van der Waals surface area contributed by atoms with E-state index in [-0.39, 0.29) is 0 Å². The van der Waals surface area contributed by atoms with E-state index in [0.717, 1.165) is 0 Å². The zero-order valence-electron chi connectivity index (χ0n) is 24.1. The number of hydrogen-bond donors (Lipinski definition) is 2. The molecule has 0 saturated heterocycles. The maximum Gasteiger partial charge on any atom is 0.418 e. The second-order valence-electron chi connectivity index (χ2n) is 4.90. The number of hydrogen-bond acceptors (Lipinski definition) is 2. The summed E-state index contributed by atoms with van der Waals surface area (Å²) >= 11 is 0. The van der Waals surface area contributed by atoms with E-state index in [1.807, 2.05) is 0 Å². The van der Waals surface area contributed by atoms with Crippen molar-refractivity contribution in [3.63, 3.8) is 0 Å². The van der Waals surface area contributed by atoms with Gasteiger partial charge in [0.05, 0.1) is 13.7 Å². The fraction of sp³-hybridized carbons (Fsp3) is 0.222. The normalized spacial score (nSPS) is 24.2. The van der Waals surface area contributed by atoms with Crippen LogP contribution in [-0.4, -0.2) is 25.4 Å². The number of benzene rings is 3. The van der Waals surface area contributed by atoms with E-state index in [1.54, 1.807) is 0 Å². The van der Waals surface area contributed by atoms with E-state index in [9.17, 15) is 26.3 Å². The zero-order chi connectivity index (χ0) is 29.5. The van der Waals surface area contributed by atoms with Crippen molar-refractivity contribution in [3.8, 4) is 0 Å². The van der Waals surface area contributed by atoms with Crippen LogP contribution in [0.15, 0.2) is 48.3 Å². The number of fused-ring (bicyclic) bond motifs is 2. The van der Waals surface area contributed by atoms with E-state index in [4.69, 9.17) is 16.6 Å². The maximum absolute atomic E-state index is 14.2. The number of halogens is 6. The minimum atomic E-state index is -5.98. The molecular weight excluding hydrogens is 362 g/mol. The Morgan fingerprint density at radius 1 is 0.692 bits per heavy atom. The maximum atomic E-state index is 14.2. The van der Waals surface area contributed by atoms with Crippen molar-refractivity contribution in [2.75, 3.05) is 0 Å². The van der Waals surface area contributed by atoms with E-state index in [0.29, 0.717) is 0 Å². The van der Waals surface area contributed by atoms with Gasteiger partial charge < -0.3 is 10.2 Å². The van der Waals surface area contributed by atoms with Crippen LogP contribution in [0.4, 0.5) is 26.3 Å². The molecule has 0 radical (unpaired) electrons. The van der Waals surface area contributed by atoms with Gasteiger partial charge in [0.1, 0.15) is 0 Å². The molecule has 3 aromatic rings. The second kappa shape index (κ2) is 6.14. The van der Waals surface area contributed by atoms with Crippen LogP contribution < -0.4 is 0 Å². The van der Waals surface area contributed by atoms with Gasteiger partial charge in [-0.25, -0.2) is 0 Å². The molecule has 2 atom stereocenters. The lowest BCUT2D eigenvalue weighted by atomic mass is 9.87. The zero-order valence-corrected chi connectivity index (χ0v) is 12.1. The Morgan fingerprint density at radius 3 is 1.15 bits per heavy atom. The van der Waals surface area contributed by atoms with Crippen molar-refractivity contribution in [1.29, 1.82) is 2.86 Å². The summed E-state index contributed by atoms with van der Waals surface area (Å²) in [7, 11) is 0. The van der Waals surface area contributed by atoms with Crippen molar-refractivity contribution in [3.05, 3.63) is 59.5 Å². The van der Waals surface area contributed by atoms with Crippen molar-refractivity contribution < 1.29 is 50.3 Å². The van der Waals surface area contributed by atoms with Crippen LogP contribution in [0.3, 0.4) is 0 Å². The average molecular weight is 386 g/mol. The summed E-state index contributed by atoms with van der Waals surface area (Å²) in [6, 6.07) is -11.4. The largest absolute Gasteiger partial charge is 0.418 e. The quantitative estimate of drug-likeness (QED) is 0.479. The van der Waals surface area contributed by atoms with Gasteiger partial charge in [-0.15, -0.1) is 0 Å². The summed E-state index contributed by atoms with van der Waals surface area (Å²) in [6.07, 6.45) is -21.3. The lowest BCUT2D eigenvalue weighted by Gasteiger charge is -2.24. The Labute approximate surface area is 160 Å². The van der Waals surface area contributed by atoms with Crippen LogP contribution in [0.2, 0.25) is 0 Å². The Morgan fingerprint density at radius 2 is 0.962 bits per heavy atom. The molecule has 0 saturated carbocycles. The minimum Gasteiger partial charge on any atom is -0.379 e. The van der Waals surface area contributed by atoms with E-state index in [1.165, 1.54) is 0 Å². The van der Waals surface area contributed by atoms with Gasteiger partial charge in [-0.2, -0.15) is 26.3 Å². The highest BCUT2D eigenvalue weighted by Crippen LogP contribution is 2.46. The molecule has 2 N–H and O–H groups in total. The van der Waals surface area contributed by atoms with Crippen LogP contribution in [0.25, 0.3) is 21.5 Å². The molecule has 0 spiro atoms. The third-order valence-corrected chi connectivity index (χ3v) is 3.34. The van der Waals surface area contributed by atoms with E-state index in [2.05, 4.69) is 10.2 Å². The molecule has 3 rings (SSSR count). The Kier molecular flexibility index (Phi) is 2.02. The van der Waals surface area contributed by atoms with Crippen LogP contribution in [0.5, 0.6) is 0 Å². The van der Waals surface area contributed by atoms with Gasteiger partial charge in [0.25, 0.3) is 0 Å². The average Bonchev–Trinajstić information content (AvgIpc) is 2.83. The second-order valence-corrected chi connectivity index (χ2v) is 4.90. The van der Waals surface area contributed by atoms with Crippen molar-refractivity contribution >= 4 is 21.5 Å². The Bertz CT molecular complexity index is 1300. The first-order chi connectivity index (χ1) is 17.2. The Hall–Kier alpha value is -2.32. The highest BCUT2D eigenvalue weighted by atomic mass is 19.4. The van der Waals surface area contributed by atoms with E-state index < -0.39 is 106 Å². The third-order valence-electron chi connectivity index (χ3n) is 3.34. The van der Waals surface area contributed by atoms with Crippen LogP contribution >= 0.6 is 0 Å².